The number of nitro benzene ring substituents is 1. The lowest BCUT2D eigenvalue weighted by Gasteiger charge is -2.33. The fourth-order valence-corrected chi connectivity index (χ4v) is 6.75. The monoisotopic (exact) mass is 530 g/mol. The van der Waals surface area contributed by atoms with Crippen molar-refractivity contribution in [2.75, 3.05) is 23.3 Å². The second-order valence-corrected chi connectivity index (χ2v) is 12.4. The van der Waals surface area contributed by atoms with E-state index in [1.807, 2.05) is 42.5 Å². The van der Waals surface area contributed by atoms with Crippen molar-refractivity contribution in [1.29, 1.82) is 0 Å². The molecule has 5 rings (SSSR count). The Kier molecular flexibility index (Phi) is 7.34. The van der Waals surface area contributed by atoms with E-state index in [2.05, 4.69) is 31.0 Å². The predicted octanol–water partition coefficient (Wildman–Crippen LogP) is 7.41. The molecule has 0 saturated carbocycles. The van der Waals surface area contributed by atoms with Crippen molar-refractivity contribution in [3.05, 3.63) is 80.2 Å². The molecule has 8 heteroatoms. The van der Waals surface area contributed by atoms with E-state index < -0.39 is 0 Å². The molecule has 1 aliphatic heterocycles. The highest BCUT2D eigenvalue weighted by Gasteiger charge is 2.33. The molecule has 38 heavy (non-hydrogen) atoms. The first-order valence-corrected chi connectivity index (χ1v) is 14.1. The van der Waals surface area contributed by atoms with Gasteiger partial charge in [0.2, 0.25) is 0 Å². The second kappa shape index (κ2) is 10.7. The van der Waals surface area contributed by atoms with Crippen LogP contribution in [0.4, 0.5) is 22.1 Å². The summed E-state index contributed by atoms with van der Waals surface area (Å²) in [7, 11) is 0. The Morgan fingerprint density at radius 2 is 1.89 bits per heavy atom. The maximum absolute atomic E-state index is 13.5. The number of rotatable bonds is 6. The predicted molar refractivity (Wildman–Crippen MR) is 155 cm³/mol. The first kappa shape index (κ1) is 26.1. The number of carbonyl (C=O) groups is 1. The molecule has 1 amide bonds. The number of para-hydroxylation sites is 1. The van der Waals surface area contributed by atoms with E-state index in [-0.39, 0.29) is 21.9 Å². The molecule has 1 N–H and O–H groups in total. The van der Waals surface area contributed by atoms with E-state index in [9.17, 15) is 14.9 Å². The van der Waals surface area contributed by atoms with Gasteiger partial charge in [0, 0.05) is 35.9 Å². The minimum absolute atomic E-state index is 0.0939. The molecule has 198 valence electrons. The van der Waals surface area contributed by atoms with Gasteiger partial charge in [0.15, 0.2) is 0 Å². The molecule has 1 fully saturated rings. The third-order valence-electron chi connectivity index (χ3n) is 7.70. The summed E-state index contributed by atoms with van der Waals surface area (Å²) in [5.41, 5.74) is 4.04. The summed E-state index contributed by atoms with van der Waals surface area (Å²) in [6.07, 6.45) is 6.56. The fourth-order valence-electron chi connectivity index (χ4n) is 5.48. The molecule has 7 nitrogen and oxygen atoms in total. The second-order valence-electron chi connectivity index (χ2n) is 11.3. The van der Waals surface area contributed by atoms with Crippen LogP contribution in [-0.2, 0) is 12.8 Å². The summed E-state index contributed by atoms with van der Waals surface area (Å²) in [5.74, 6) is 0.377. The SMILES string of the molecule is CC(C)(C)[C@H]1CCc2c(sc(N=Cc3ccc(N4CCCC4)c([N+](=O)[O-])c3)c2C(=O)Nc2ccccc2)C1. The smallest absolute Gasteiger partial charge is 0.293 e. The van der Waals surface area contributed by atoms with E-state index in [0.717, 1.165) is 56.4 Å². The van der Waals surface area contributed by atoms with Crippen LogP contribution >= 0.6 is 11.3 Å². The number of nitrogens with one attached hydrogen (secondary N) is 1. The number of anilines is 2. The Morgan fingerprint density at radius 3 is 2.58 bits per heavy atom. The number of nitro groups is 1. The molecule has 0 unspecified atom stereocenters. The molecule has 1 saturated heterocycles. The van der Waals surface area contributed by atoms with Gasteiger partial charge >= 0.3 is 0 Å². The Balaban J connectivity index is 1.49. The van der Waals surface area contributed by atoms with Gasteiger partial charge in [-0.05, 0) is 72.8 Å². The van der Waals surface area contributed by atoms with Crippen LogP contribution in [0.15, 0.2) is 53.5 Å². The number of aliphatic imine (C=N–C) groups is 1. The molecule has 3 aromatic rings. The van der Waals surface area contributed by atoms with Gasteiger partial charge in [0.05, 0.1) is 10.5 Å². The number of carbonyl (C=O) groups excluding carboxylic acids is 1. The van der Waals surface area contributed by atoms with Gasteiger partial charge in [0.25, 0.3) is 11.6 Å². The highest BCUT2D eigenvalue weighted by molar-refractivity contribution is 7.16. The quantitative estimate of drug-likeness (QED) is 0.204. The molecule has 1 aromatic heterocycles. The third-order valence-corrected chi connectivity index (χ3v) is 8.87. The van der Waals surface area contributed by atoms with E-state index in [4.69, 9.17) is 4.99 Å². The fraction of sp³-hybridized carbons (Fsp3) is 0.400. The van der Waals surface area contributed by atoms with Gasteiger partial charge in [-0.3, -0.25) is 14.9 Å². The highest BCUT2D eigenvalue weighted by Crippen LogP contribution is 2.45. The molecular weight excluding hydrogens is 496 g/mol. The lowest BCUT2D eigenvalue weighted by molar-refractivity contribution is -0.384. The number of amides is 1. The summed E-state index contributed by atoms with van der Waals surface area (Å²) >= 11 is 1.57. The Morgan fingerprint density at radius 1 is 1.16 bits per heavy atom. The van der Waals surface area contributed by atoms with Crippen LogP contribution in [0, 0.1) is 21.4 Å². The minimum Gasteiger partial charge on any atom is -0.366 e. The number of benzene rings is 2. The van der Waals surface area contributed by atoms with Crippen molar-refractivity contribution in [1.82, 2.24) is 0 Å². The highest BCUT2D eigenvalue weighted by atomic mass is 32.1. The molecule has 1 atom stereocenters. The van der Waals surface area contributed by atoms with Gasteiger partial charge in [0.1, 0.15) is 10.7 Å². The van der Waals surface area contributed by atoms with E-state index in [0.29, 0.717) is 27.7 Å². The lowest BCUT2D eigenvalue weighted by atomic mass is 9.72. The molecule has 2 aromatic carbocycles. The number of thiophene rings is 1. The summed E-state index contributed by atoms with van der Waals surface area (Å²) in [6.45, 7) is 8.50. The van der Waals surface area contributed by atoms with Crippen molar-refractivity contribution in [2.24, 2.45) is 16.3 Å². The molecule has 0 radical (unpaired) electrons. The number of hydrogen-bond donors (Lipinski definition) is 1. The van der Waals surface area contributed by atoms with Crippen LogP contribution in [0.5, 0.6) is 0 Å². The Bertz CT molecular complexity index is 1370. The normalized spacial score (nSPS) is 17.6. The van der Waals surface area contributed by atoms with Crippen LogP contribution in [0.3, 0.4) is 0 Å². The maximum Gasteiger partial charge on any atom is 0.293 e. The number of fused-ring (bicyclic) bond motifs is 1. The summed E-state index contributed by atoms with van der Waals surface area (Å²) in [4.78, 5) is 33.1. The first-order chi connectivity index (χ1) is 18.2. The maximum atomic E-state index is 13.5. The number of hydrogen-bond acceptors (Lipinski definition) is 6. The van der Waals surface area contributed by atoms with Crippen LogP contribution in [-0.4, -0.2) is 30.1 Å². The molecule has 1 aliphatic carbocycles. The standard InChI is InChI=1S/C30H34N4O3S/c1-30(2,3)21-12-13-23-26(18-21)38-29(27(23)28(35)32-22-9-5-4-6-10-22)31-19-20-11-14-24(25(17-20)34(36)37)33-15-7-8-16-33/h4-6,9-11,14,17,19,21H,7-8,12-13,15-16,18H2,1-3H3,(H,32,35)/t21-/m0/s1. The number of nitrogens with zero attached hydrogens (tertiary/aromatic N) is 3. The Labute approximate surface area is 227 Å². The zero-order chi connectivity index (χ0) is 26.9. The van der Waals surface area contributed by atoms with Crippen LogP contribution in [0.25, 0.3) is 0 Å². The molecule has 2 aliphatic rings. The zero-order valence-electron chi connectivity index (χ0n) is 22.2. The topological polar surface area (TPSA) is 87.8 Å². The van der Waals surface area contributed by atoms with Crippen LogP contribution in [0.1, 0.15) is 66.4 Å². The summed E-state index contributed by atoms with van der Waals surface area (Å²) < 4.78 is 0. The molecule has 0 spiro atoms. The third kappa shape index (κ3) is 5.50. The van der Waals surface area contributed by atoms with Crippen molar-refractivity contribution in [3.63, 3.8) is 0 Å². The largest absolute Gasteiger partial charge is 0.366 e. The van der Waals surface area contributed by atoms with Gasteiger partial charge in [-0.2, -0.15) is 0 Å². The van der Waals surface area contributed by atoms with Gasteiger partial charge < -0.3 is 10.2 Å². The van der Waals surface area contributed by atoms with Crippen molar-refractivity contribution in [3.8, 4) is 0 Å². The van der Waals surface area contributed by atoms with Gasteiger partial charge in [-0.1, -0.05) is 45.0 Å². The minimum atomic E-state index is -0.319. The Hall–Kier alpha value is -3.52. The van der Waals surface area contributed by atoms with Gasteiger partial charge in [-0.15, -0.1) is 11.3 Å². The molecular formula is C30H34N4O3S. The first-order valence-electron chi connectivity index (χ1n) is 13.3. The lowest BCUT2D eigenvalue weighted by Crippen LogP contribution is -2.27. The average Bonchev–Trinajstić information content (AvgIpc) is 3.55. The van der Waals surface area contributed by atoms with E-state index in [1.54, 1.807) is 23.6 Å². The van der Waals surface area contributed by atoms with Crippen molar-refractivity contribution < 1.29 is 9.72 Å². The van der Waals surface area contributed by atoms with Crippen LogP contribution in [0.2, 0.25) is 0 Å². The van der Waals surface area contributed by atoms with E-state index in [1.165, 1.54) is 4.88 Å². The summed E-state index contributed by atoms with van der Waals surface area (Å²) in [5, 5.41) is 15.5. The van der Waals surface area contributed by atoms with Gasteiger partial charge in [-0.25, -0.2) is 4.99 Å². The van der Waals surface area contributed by atoms with E-state index >= 15 is 0 Å². The molecule has 2 heterocycles. The van der Waals surface area contributed by atoms with Crippen LogP contribution < -0.4 is 10.2 Å². The zero-order valence-corrected chi connectivity index (χ0v) is 23.0. The average molecular weight is 531 g/mol. The van der Waals surface area contributed by atoms with Crippen molar-refractivity contribution in [2.45, 2.75) is 52.9 Å². The molecule has 0 bridgehead atoms. The summed E-state index contributed by atoms with van der Waals surface area (Å²) in [6, 6.07) is 14.7. The van der Waals surface area contributed by atoms with Crippen molar-refractivity contribution >= 4 is 45.5 Å².